The number of hydrogen-bond donors (Lipinski definition) is 1. The van der Waals surface area contributed by atoms with Crippen LogP contribution in [0.15, 0.2) is 29.1 Å². The fraction of sp³-hybridized carbons (Fsp3) is 0.368. The van der Waals surface area contributed by atoms with Gasteiger partial charge in [-0.25, -0.2) is 8.78 Å². The van der Waals surface area contributed by atoms with Crippen LogP contribution < -0.4 is 15.2 Å². The molecular weight excluding hydrogens is 358 g/mol. The number of pyridine rings is 1. The zero-order valence-corrected chi connectivity index (χ0v) is 15.4. The molecule has 0 aliphatic heterocycles. The van der Waals surface area contributed by atoms with Gasteiger partial charge in [0.25, 0.3) is 5.56 Å². The van der Waals surface area contributed by atoms with Gasteiger partial charge in [0.15, 0.2) is 0 Å². The van der Waals surface area contributed by atoms with Gasteiger partial charge in [-0.1, -0.05) is 0 Å². The molecule has 1 atom stereocenters. The van der Waals surface area contributed by atoms with E-state index in [2.05, 4.69) is 0 Å². The number of aromatic nitrogens is 1. The lowest BCUT2D eigenvalue weighted by atomic mass is 9.94. The molecule has 146 valence electrons. The fourth-order valence-electron chi connectivity index (χ4n) is 3.01. The first-order chi connectivity index (χ1) is 12.8. The van der Waals surface area contributed by atoms with Crippen molar-refractivity contribution in [3.05, 3.63) is 57.5 Å². The summed E-state index contributed by atoms with van der Waals surface area (Å²) in [5, 5.41) is 9.23. The first-order valence-corrected chi connectivity index (χ1v) is 8.31. The number of benzene rings is 1. The van der Waals surface area contributed by atoms with Crippen molar-refractivity contribution in [3.8, 4) is 5.75 Å². The zero-order valence-electron chi connectivity index (χ0n) is 15.4. The van der Waals surface area contributed by atoms with E-state index in [1.165, 1.54) is 24.8 Å². The Morgan fingerprint density at radius 3 is 2.44 bits per heavy atom. The van der Waals surface area contributed by atoms with Crippen molar-refractivity contribution < 1.29 is 23.4 Å². The Morgan fingerprint density at radius 1 is 1.30 bits per heavy atom. The summed E-state index contributed by atoms with van der Waals surface area (Å²) in [5.74, 6) is -2.37. The van der Waals surface area contributed by atoms with Crippen LogP contribution in [0.25, 0.3) is 0 Å². The van der Waals surface area contributed by atoms with Gasteiger partial charge >= 0.3 is 0 Å². The summed E-state index contributed by atoms with van der Waals surface area (Å²) in [4.78, 5) is 25.1. The zero-order chi connectivity index (χ0) is 20.1. The highest BCUT2D eigenvalue weighted by molar-refractivity contribution is 5.53. The Bertz CT molecular complexity index is 859. The Balaban J connectivity index is 2.39. The summed E-state index contributed by atoms with van der Waals surface area (Å²) in [7, 11) is 4.43. The van der Waals surface area contributed by atoms with Crippen LogP contribution in [0.1, 0.15) is 23.6 Å². The molecule has 0 saturated carbocycles. The summed E-state index contributed by atoms with van der Waals surface area (Å²) in [6.45, 7) is -0.238. The molecule has 0 amide bonds. The van der Waals surface area contributed by atoms with Crippen LogP contribution in [0.5, 0.6) is 5.75 Å². The number of anilines is 1. The maximum Gasteiger partial charge on any atom is 0.274 e. The normalized spacial score (nSPS) is 11.9. The van der Waals surface area contributed by atoms with Crippen LogP contribution in [-0.4, -0.2) is 36.7 Å². The first-order valence-electron chi connectivity index (χ1n) is 8.31. The third-order valence-corrected chi connectivity index (χ3v) is 4.53. The van der Waals surface area contributed by atoms with Crippen molar-refractivity contribution >= 4 is 12.0 Å². The molecular formula is C19H22F2N2O4. The molecule has 0 radical (unpaired) electrons. The number of carbonyl (C=O) groups excluding carboxylic acids is 1. The van der Waals surface area contributed by atoms with Gasteiger partial charge in [0, 0.05) is 56.4 Å². The molecule has 1 N–H and O–H groups in total. The van der Waals surface area contributed by atoms with Crippen molar-refractivity contribution in [2.75, 3.05) is 25.6 Å². The van der Waals surface area contributed by atoms with Crippen LogP contribution in [0.3, 0.4) is 0 Å². The molecule has 0 fully saturated rings. The van der Waals surface area contributed by atoms with E-state index in [-0.39, 0.29) is 36.4 Å². The molecule has 0 saturated heterocycles. The predicted molar refractivity (Wildman–Crippen MR) is 97.2 cm³/mol. The van der Waals surface area contributed by atoms with Crippen molar-refractivity contribution in [3.63, 3.8) is 0 Å². The number of halogens is 2. The van der Waals surface area contributed by atoms with Crippen molar-refractivity contribution in [2.24, 2.45) is 7.05 Å². The van der Waals surface area contributed by atoms with E-state index in [0.29, 0.717) is 17.7 Å². The topological polar surface area (TPSA) is 71.8 Å². The van der Waals surface area contributed by atoms with Gasteiger partial charge in [0.1, 0.15) is 29.4 Å². The third kappa shape index (κ3) is 4.33. The molecule has 1 heterocycles. The maximum atomic E-state index is 14.4. The number of carbonyl (C=O) groups is 1. The minimum Gasteiger partial charge on any atom is -0.497 e. The van der Waals surface area contributed by atoms with Crippen molar-refractivity contribution in [1.29, 1.82) is 0 Å². The molecule has 0 aliphatic rings. The highest BCUT2D eigenvalue weighted by Gasteiger charge is 2.24. The molecule has 2 aromatic rings. The van der Waals surface area contributed by atoms with E-state index in [1.54, 1.807) is 18.0 Å². The number of aliphatic hydroxyl groups excluding tert-OH is 1. The van der Waals surface area contributed by atoms with Crippen LogP contribution >= 0.6 is 0 Å². The van der Waals surface area contributed by atoms with E-state index in [0.717, 1.165) is 12.1 Å². The number of likely N-dealkylation sites (N-methyl/N-ethyl adjacent to an activating group) is 1. The second-order valence-electron chi connectivity index (χ2n) is 6.22. The molecule has 0 spiro atoms. The molecule has 27 heavy (non-hydrogen) atoms. The fourth-order valence-corrected chi connectivity index (χ4v) is 3.01. The van der Waals surface area contributed by atoms with Gasteiger partial charge in [-0.3, -0.25) is 4.79 Å². The maximum absolute atomic E-state index is 14.4. The summed E-state index contributed by atoms with van der Waals surface area (Å²) >= 11 is 0. The van der Waals surface area contributed by atoms with Crippen molar-refractivity contribution in [1.82, 2.24) is 4.57 Å². The number of methoxy groups -OCH3 is 1. The number of aliphatic hydroxyl groups is 1. The Kier molecular flexibility index (Phi) is 6.68. The van der Waals surface area contributed by atoms with E-state index < -0.39 is 17.6 Å². The van der Waals surface area contributed by atoms with E-state index in [1.807, 2.05) is 0 Å². The number of nitrogens with zero attached hydrogens (tertiary/aromatic N) is 2. The lowest BCUT2D eigenvalue weighted by Crippen LogP contribution is -2.33. The molecule has 0 aliphatic carbocycles. The van der Waals surface area contributed by atoms with E-state index >= 15 is 0 Å². The highest BCUT2D eigenvalue weighted by atomic mass is 19.1. The van der Waals surface area contributed by atoms with Gasteiger partial charge in [-0.05, 0) is 12.1 Å². The van der Waals surface area contributed by atoms with Crippen LogP contribution in [0.2, 0.25) is 0 Å². The largest absolute Gasteiger partial charge is 0.497 e. The van der Waals surface area contributed by atoms with Crippen LogP contribution in [0.4, 0.5) is 14.5 Å². The standard InChI is InChI=1S/C19H22F2N2O4/c1-22(17-5-4-13(11-25)23(2)19(17)26)10-12(6-7-24)18-15(20)8-14(27-3)9-16(18)21/h4-5,7-9,12,25H,6,10-11H2,1-3H3. The van der Waals surface area contributed by atoms with Crippen LogP contribution in [-0.2, 0) is 18.4 Å². The number of ether oxygens (including phenoxy) is 1. The molecule has 6 nitrogen and oxygen atoms in total. The number of hydrogen-bond acceptors (Lipinski definition) is 5. The smallest absolute Gasteiger partial charge is 0.274 e. The minimum atomic E-state index is -0.810. The molecule has 8 heteroatoms. The quantitative estimate of drug-likeness (QED) is 0.709. The van der Waals surface area contributed by atoms with Gasteiger partial charge in [0.2, 0.25) is 0 Å². The molecule has 1 aromatic heterocycles. The summed E-state index contributed by atoms with van der Waals surface area (Å²) in [6, 6.07) is 5.25. The molecule has 1 unspecified atom stereocenters. The summed E-state index contributed by atoms with van der Waals surface area (Å²) in [6.07, 6.45) is 0.480. The van der Waals surface area contributed by atoms with Crippen LogP contribution in [0, 0.1) is 11.6 Å². The molecule has 2 rings (SSSR count). The number of aldehydes is 1. The third-order valence-electron chi connectivity index (χ3n) is 4.53. The van der Waals surface area contributed by atoms with Gasteiger partial charge in [-0.2, -0.15) is 0 Å². The first kappa shape index (κ1) is 20.6. The van der Waals surface area contributed by atoms with Gasteiger partial charge < -0.3 is 24.1 Å². The van der Waals surface area contributed by atoms with Gasteiger partial charge in [-0.15, -0.1) is 0 Å². The summed E-state index contributed by atoms with van der Waals surface area (Å²) < 4.78 is 35.0. The monoisotopic (exact) mass is 380 g/mol. The lowest BCUT2D eigenvalue weighted by Gasteiger charge is -2.26. The Hall–Kier alpha value is -2.74. The minimum absolute atomic E-state index is 0.0421. The van der Waals surface area contributed by atoms with E-state index in [4.69, 9.17) is 4.74 Å². The molecule has 1 aromatic carbocycles. The predicted octanol–water partition coefficient (Wildman–Crippen LogP) is 1.97. The average molecular weight is 380 g/mol. The average Bonchev–Trinajstić information content (AvgIpc) is 2.63. The van der Waals surface area contributed by atoms with Gasteiger partial charge in [0.05, 0.1) is 13.7 Å². The number of rotatable bonds is 8. The Morgan fingerprint density at radius 2 is 1.93 bits per heavy atom. The SMILES string of the molecule is COc1cc(F)c(C(CC=O)CN(C)c2ccc(CO)n(C)c2=O)c(F)c1. The highest BCUT2D eigenvalue weighted by Crippen LogP contribution is 2.30. The summed E-state index contributed by atoms with van der Waals surface area (Å²) in [5.41, 5.74) is 0.150. The Labute approximate surface area is 155 Å². The molecule has 0 bridgehead atoms. The van der Waals surface area contributed by atoms with Crippen molar-refractivity contribution in [2.45, 2.75) is 18.9 Å². The lowest BCUT2D eigenvalue weighted by molar-refractivity contribution is -0.108. The second kappa shape index (κ2) is 8.77. The van der Waals surface area contributed by atoms with E-state index in [9.17, 15) is 23.5 Å². The second-order valence-corrected chi connectivity index (χ2v) is 6.22.